The number of hydrogen-bond acceptors (Lipinski definition) is 7. The minimum Gasteiger partial charge on any atom is -0.457 e. The monoisotopic (exact) mass is 381 g/mol. The lowest BCUT2D eigenvalue weighted by atomic mass is 10.3. The van der Waals surface area contributed by atoms with Crippen LogP contribution in [0.5, 0.6) is 5.75 Å². The van der Waals surface area contributed by atoms with E-state index in [1.165, 1.54) is 18.4 Å². The second-order valence-electron chi connectivity index (χ2n) is 4.92. The zero-order valence-electron chi connectivity index (χ0n) is 13.6. The Morgan fingerprint density at radius 3 is 2.54 bits per heavy atom. The Hall–Kier alpha value is -3.00. The van der Waals surface area contributed by atoms with Crippen molar-refractivity contribution in [3.63, 3.8) is 0 Å². The summed E-state index contributed by atoms with van der Waals surface area (Å²) in [6.45, 7) is -0.356. The summed E-state index contributed by atoms with van der Waals surface area (Å²) in [5, 5.41) is 2.96. The van der Waals surface area contributed by atoms with Crippen molar-refractivity contribution in [2.24, 2.45) is 0 Å². The molecule has 0 fully saturated rings. The molecule has 2 rings (SSSR count). The van der Waals surface area contributed by atoms with Crippen molar-refractivity contribution in [2.75, 3.05) is 13.3 Å². The first-order chi connectivity index (χ1) is 12.5. The number of carbonyl (C=O) groups is 3. The van der Waals surface area contributed by atoms with E-state index in [-0.39, 0.29) is 18.7 Å². The van der Waals surface area contributed by atoms with Crippen LogP contribution < -0.4 is 10.1 Å². The lowest BCUT2D eigenvalue weighted by Gasteiger charge is -2.07. The van der Waals surface area contributed by atoms with Gasteiger partial charge in [0.2, 0.25) is 12.6 Å². The molecule has 0 unspecified atom stereocenters. The highest BCUT2D eigenvalue weighted by molar-refractivity contribution is 6.30. The molecule has 2 aromatic rings. The number of benzene rings is 1. The maximum absolute atomic E-state index is 11.6. The van der Waals surface area contributed by atoms with Gasteiger partial charge in [0.25, 0.3) is 0 Å². The summed E-state index contributed by atoms with van der Waals surface area (Å²) in [5.41, 5.74) is 0. The van der Waals surface area contributed by atoms with E-state index in [2.05, 4.69) is 14.8 Å². The van der Waals surface area contributed by atoms with Crippen LogP contribution in [0.3, 0.4) is 0 Å². The minimum absolute atomic E-state index is 0.00760. The lowest BCUT2D eigenvalue weighted by Crippen LogP contribution is -2.27. The van der Waals surface area contributed by atoms with Crippen molar-refractivity contribution in [1.82, 2.24) is 5.32 Å². The molecule has 0 aliphatic heterocycles. The summed E-state index contributed by atoms with van der Waals surface area (Å²) in [5.74, 6) is -0.777. The van der Waals surface area contributed by atoms with E-state index in [1.807, 2.05) is 0 Å². The van der Waals surface area contributed by atoms with Gasteiger partial charge in [-0.1, -0.05) is 11.6 Å². The van der Waals surface area contributed by atoms with Crippen LogP contribution in [0.4, 0.5) is 4.79 Å². The summed E-state index contributed by atoms with van der Waals surface area (Å²) < 4.78 is 19.3. The van der Waals surface area contributed by atoms with Gasteiger partial charge < -0.3 is 23.9 Å². The Labute approximate surface area is 154 Å². The molecule has 1 heterocycles. The van der Waals surface area contributed by atoms with Crippen LogP contribution in [0.2, 0.25) is 5.02 Å². The van der Waals surface area contributed by atoms with Crippen molar-refractivity contribution in [3.8, 4) is 5.75 Å². The highest BCUT2D eigenvalue weighted by Gasteiger charge is 2.11. The first kappa shape index (κ1) is 19.3. The zero-order chi connectivity index (χ0) is 18.8. The van der Waals surface area contributed by atoms with Crippen molar-refractivity contribution >= 4 is 29.6 Å². The first-order valence-electron chi connectivity index (χ1n) is 7.62. The van der Waals surface area contributed by atoms with Crippen LogP contribution in [-0.4, -0.2) is 31.4 Å². The number of ether oxygens (including phenoxy) is 3. The molecular weight excluding hydrogens is 366 g/mol. The molecule has 0 radical (unpaired) electrons. The summed E-state index contributed by atoms with van der Waals surface area (Å²) in [6, 6.07) is 9.34. The largest absolute Gasteiger partial charge is 0.457 e. The van der Waals surface area contributed by atoms with E-state index in [9.17, 15) is 14.4 Å². The average Bonchev–Trinajstić information content (AvgIpc) is 3.15. The standard InChI is InChI=1S/C17H16ClNO7/c18-12-5-7-13(8-6-12)26-15(20)4-1-9-19-17(22)25-11-24-16(21)14-3-2-10-23-14/h2-3,5-8,10H,1,4,9,11H2,(H,19,22). The minimum atomic E-state index is -0.775. The number of esters is 2. The van der Waals surface area contributed by atoms with Gasteiger partial charge in [0, 0.05) is 18.0 Å². The molecule has 138 valence electrons. The third-order valence-corrected chi connectivity index (χ3v) is 3.23. The Morgan fingerprint density at radius 2 is 1.85 bits per heavy atom. The predicted octanol–water partition coefficient (Wildman–Crippen LogP) is 3.16. The van der Waals surface area contributed by atoms with Crippen LogP contribution in [0, 0.1) is 0 Å². The quantitative estimate of drug-likeness (QED) is 0.324. The molecule has 0 atom stereocenters. The molecule has 9 heteroatoms. The number of hydrogen-bond donors (Lipinski definition) is 1. The highest BCUT2D eigenvalue weighted by atomic mass is 35.5. The molecule has 0 bridgehead atoms. The van der Waals surface area contributed by atoms with Gasteiger partial charge in [-0.2, -0.15) is 0 Å². The third kappa shape index (κ3) is 6.86. The van der Waals surface area contributed by atoms with E-state index >= 15 is 0 Å². The molecule has 0 aliphatic carbocycles. The van der Waals surface area contributed by atoms with Crippen molar-refractivity contribution < 1.29 is 33.0 Å². The lowest BCUT2D eigenvalue weighted by molar-refractivity contribution is -0.134. The fraction of sp³-hybridized carbons (Fsp3) is 0.235. The molecule has 0 saturated carbocycles. The molecule has 26 heavy (non-hydrogen) atoms. The van der Waals surface area contributed by atoms with Gasteiger partial charge in [0.05, 0.1) is 6.26 Å². The third-order valence-electron chi connectivity index (χ3n) is 2.97. The number of furan rings is 1. The Kier molecular flexibility index (Phi) is 7.50. The molecule has 0 saturated heterocycles. The summed E-state index contributed by atoms with van der Waals surface area (Å²) in [6.07, 6.45) is 1.01. The fourth-order valence-electron chi connectivity index (χ4n) is 1.76. The van der Waals surface area contributed by atoms with Crippen LogP contribution in [0.15, 0.2) is 47.1 Å². The van der Waals surface area contributed by atoms with Gasteiger partial charge in [-0.25, -0.2) is 9.59 Å². The topological polar surface area (TPSA) is 104 Å². The van der Waals surface area contributed by atoms with E-state index < -0.39 is 24.8 Å². The number of rotatable bonds is 8. The van der Waals surface area contributed by atoms with Crippen molar-refractivity contribution in [1.29, 1.82) is 0 Å². The number of amides is 1. The first-order valence-corrected chi connectivity index (χ1v) is 8.00. The SMILES string of the molecule is O=C(CCCNC(=O)OCOC(=O)c1ccco1)Oc1ccc(Cl)cc1. The molecule has 1 aromatic carbocycles. The van der Waals surface area contributed by atoms with Gasteiger partial charge in [-0.05, 0) is 42.8 Å². The van der Waals surface area contributed by atoms with Gasteiger partial charge in [0.15, 0.2) is 0 Å². The average molecular weight is 382 g/mol. The number of carbonyl (C=O) groups excluding carboxylic acids is 3. The maximum atomic E-state index is 11.6. The van der Waals surface area contributed by atoms with E-state index in [0.29, 0.717) is 17.2 Å². The van der Waals surface area contributed by atoms with Gasteiger partial charge in [0.1, 0.15) is 5.75 Å². The Bertz CT molecular complexity index is 728. The van der Waals surface area contributed by atoms with Gasteiger partial charge in [-0.3, -0.25) is 4.79 Å². The van der Waals surface area contributed by atoms with E-state index in [0.717, 1.165) is 0 Å². The number of nitrogens with one attached hydrogen (secondary N) is 1. The van der Waals surface area contributed by atoms with Crippen LogP contribution in [-0.2, 0) is 14.3 Å². The Morgan fingerprint density at radius 1 is 1.08 bits per heavy atom. The summed E-state index contributed by atoms with van der Waals surface area (Å²) in [4.78, 5) is 34.4. The molecular formula is C17H16ClNO7. The second-order valence-corrected chi connectivity index (χ2v) is 5.35. The van der Waals surface area contributed by atoms with Gasteiger partial charge >= 0.3 is 18.0 Å². The number of halogens is 1. The van der Waals surface area contributed by atoms with Crippen molar-refractivity contribution in [3.05, 3.63) is 53.4 Å². The summed E-state index contributed by atoms with van der Waals surface area (Å²) in [7, 11) is 0. The van der Waals surface area contributed by atoms with Crippen LogP contribution in [0.1, 0.15) is 23.4 Å². The Balaban J connectivity index is 1.53. The maximum Gasteiger partial charge on any atom is 0.410 e. The van der Waals surface area contributed by atoms with Crippen LogP contribution in [0.25, 0.3) is 0 Å². The number of alkyl carbamates (subject to hydrolysis) is 1. The molecule has 1 N–H and O–H groups in total. The smallest absolute Gasteiger partial charge is 0.410 e. The predicted molar refractivity (Wildman–Crippen MR) is 89.8 cm³/mol. The van der Waals surface area contributed by atoms with Crippen LogP contribution >= 0.6 is 11.6 Å². The fourth-order valence-corrected chi connectivity index (χ4v) is 1.89. The molecule has 1 amide bonds. The van der Waals surface area contributed by atoms with E-state index in [4.69, 9.17) is 20.8 Å². The zero-order valence-corrected chi connectivity index (χ0v) is 14.4. The molecule has 1 aromatic heterocycles. The molecule has 0 spiro atoms. The normalized spacial score (nSPS) is 10.0. The summed E-state index contributed by atoms with van der Waals surface area (Å²) >= 11 is 5.73. The van der Waals surface area contributed by atoms with E-state index in [1.54, 1.807) is 24.3 Å². The second kappa shape index (κ2) is 10.1. The van der Waals surface area contributed by atoms with Crippen molar-refractivity contribution in [2.45, 2.75) is 12.8 Å². The molecule has 8 nitrogen and oxygen atoms in total. The van der Waals surface area contributed by atoms with Gasteiger partial charge in [-0.15, -0.1) is 0 Å². The molecule has 0 aliphatic rings. The highest BCUT2D eigenvalue weighted by Crippen LogP contribution is 2.16.